The van der Waals surface area contributed by atoms with E-state index in [9.17, 15) is 9.90 Å². The van der Waals surface area contributed by atoms with E-state index in [-0.39, 0.29) is 5.56 Å². The Bertz CT molecular complexity index is 679. The molecule has 5 nitrogen and oxygen atoms in total. The molecule has 0 atom stereocenters. The second kappa shape index (κ2) is 5.60. The average Bonchev–Trinajstić information content (AvgIpc) is 2.53. The highest BCUT2D eigenvalue weighted by Gasteiger charge is 2.20. The van der Waals surface area contributed by atoms with Crippen molar-refractivity contribution in [3.8, 4) is 5.75 Å². The predicted molar refractivity (Wildman–Crippen MR) is 81.3 cm³/mol. The number of benzene rings is 1. The maximum atomic E-state index is 11.6. The number of rotatable bonds is 3. The highest BCUT2D eigenvalue weighted by atomic mass is 16.5. The lowest BCUT2D eigenvalue weighted by Crippen LogP contribution is -2.31. The molecule has 1 aliphatic heterocycles. The first-order chi connectivity index (χ1) is 10.2. The minimum Gasteiger partial charge on any atom is -0.497 e. The average molecular weight is 286 g/mol. The smallest absolute Gasteiger partial charge is 0.339 e. The molecule has 5 heteroatoms. The summed E-state index contributed by atoms with van der Waals surface area (Å²) in [4.78, 5) is 18.2. The fraction of sp³-hybridized carbons (Fsp3) is 0.375. The number of fused-ring (bicyclic) bond motifs is 1. The van der Waals surface area contributed by atoms with E-state index in [4.69, 9.17) is 4.74 Å². The number of aromatic carboxylic acids is 1. The Morgan fingerprint density at radius 1 is 1.24 bits per heavy atom. The molecule has 0 amide bonds. The van der Waals surface area contributed by atoms with Gasteiger partial charge in [-0.15, -0.1) is 0 Å². The highest BCUT2D eigenvalue weighted by Crippen LogP contribution is 2.28. The molecule has 2 aromatic rings. The molecule has 3 rings (SSSR count). The lowest BCUT2D eigenvalue weighted by Gasteiger charge is -2.29. The van der Waals surface area contributed by atoms with Crippen LogP contribution < -0.4 is 9.64 Å². The van der Waals surface area contributed by atoms with E-state index >= 15 is 0 Å². The molecule has 0 spiro atoms. The second-order valence-corrected chi connectivity index (χ2v) is 5.27. The maximum absolute atomic E-state index is 11.6. The first-order valence-electron chi connectivity index (χ1n) is 7.16. The van der Waals surface area contributed by atoms with Gasteiger partial charge in [0, 0.05) is 18.5 Å². The third-order valence-corrected chi connectivity index (χ3v) is 3.89. The van der Waals surface area contributed by atoms with Crippen molar-refractivity contribution in [2.45, 2.75) is 19.3 Å². The van der Waals surface area contributed by atoms with Gasteiger partial charge in [-0.2, -0.15) is 0 Å². The number of carboxylic acids is 1. The number of nitrogens with zero attached hydrogens (tertiary/aromatic N) is 2. The Hall–Kier alpha value is -2.30. The van der Waals surface area contributed by atoms with Crippen LogP contribution in [-0.4, -0.2) is 36.3 Å². The lowest BCUT2D eigenvalue weighted by atomic mass is 10.1. The number of pyridine rings is 1. The number of carboxylic acid groups (broad SMARTS) is 1. The molecule has 1 fully saturated rings. The van der Waals surface area contributed by atoms with Gasteiger partial charge < -0.3 is 14.7 Å². The fourth-order valence-electron chi connectivity index (χ4n) is 2.78. The van der Waals surface area contributed by atoms with Gasteiger partial charge in [0.2, 0.25) is 0 Å². The van der Waals surface area contributed by atoms with E-state index in [1.807, 2.05) is 18.2 Å². The standard InChI is InChI=1S/C16H18N2O3/c1-21-12-5-6-14-11(9-12)10-13(16(19)20)15(17-14)18-7-3-2-4-8-18/h5-6,9-10H,2-4,7-8H2,1H3,(H,19,20). The minimum absolute atomic E-state index is 0.262. The van der Waals surface area contributed by atoms with E-state index in [1.54, 1.807) is 13.2 Å². The number of aromatic nitrogens is 1. The SMILES string of the molecule is COc1ccc2nc(N3CCCCC3)c(C(=O)O)cc2c1. The maximum Gasteiger partial charge on any atom is 0.339 e. The first kappa shape index (κ1) is 13.7. The van der Waals surface area contributed by atoms with Crippen LogP contribution in [0.3, 0.4) is 0 Å². The molecule has 110 valence electrons. The summed E-state index contributed by atoms with van der Waals surface area (Å²) < 4.78 is 5.18. The van der Waals surface area contributed by atoms with E-state index < -0.39 is 5.97 Å². The van der Waals surface area contributed by atoms with Crippen LogP contribution in [0.2, 0.25) is 0 Å². The molecular weight excluding hydrogens is 268 g/mol. The molecule has 0 aliphatic carbocycles. The van der Waals surface area contributed by atoms with Gasteiger partial charge in [0.1, 0.15) is 17.1 Å². The van der Waals surface area contributed by atoms with Crippen molar-refractivity contribution in [1.82, 2.24) is 4.98 Å². The predicted octanol–water partition coefficient (Wildman–Crippen LogP) is 2.93. The van der Waals surface area contributed by atoms with Gasteiger partial charge in [-0.25, -0.2) is 9.78 Å². The van der Waals surface area contributed by atoms with Gasteiger partial charge in [0.15, 0.2) is 0 Å². The number of piperidine rings is 1. The topological polar surface area (TPSA) is 62.7 Å². The number of hydrogen-bond acceptors (Lipinski definition) is 4. The van der Waals surface area contributed by atoms with Crippen LogP contribution in [0.25, 0.3) is 10.9 Å². The van der Waals surface area contributed by atoms with E-state index in [0.717, 1.165) is 36.8 Å². The number of ether oxygens (including phenoxy) is 1. The summed E-state index contributed by atoms with van der Waals surface area (Å²) >= 11 is 0. The van der Waals surface area contributed by atoms with E-state index in [0.29, 0.717) is 11.6 Å². The van der Waals surface area contributed by atoms with Crippen LogP contribution in [0.5, 0.6) is 5.75 Å². The summed E-state index contributed by atoms with van der Waals surface area (Å²) in [5.41, 5.74) is 1.05. The van der Waals surface area contributed by atoms with Crippen LogP contribution in [0.1, 0.15) is 29.6 Å². The van der Waals surface area contributed by atoms with Gasteiger partial charge in [0.25, 0.3) is 0 Å². The quantitative estimate of drug-likeness (QED) is 0.940. The summed E-state index contributed by atoms with van der Waals surface area (Å²) in [6, 6.07) is 7.22. The number of anilines is 1. The molecule has 1 aromatic carbocycles. The Morgan fingerprint density at radius 2 is 2.00 bits per heavy atom. The molecule has 1 saturated heterocycles. The van der Waals surface area contributed by atoms with Gasteiger partial charge >= 0.3 is 5.97 Å². The molecule has 0 unspecified atom stereocenters. The zero-order chi connectivity index (χ0) is 14.8. The van der Waals surface area contributed by atoms with Crippen molar-refractivity contribution in [2.75, 3.05) is 25.1 Å². The molecule has 1 aromatic heterocycles. The fourth-order valence-corrected chi connectivity index (χ4v) is 2.78. The van der Waals surface area contributed by atoms with Crippen LogP contribution >= 0.6 is 0 Å². The molecule has 1 N–H and O–H groups in total. The van der Waals surface area contributed by atoms with E-state index in [2.05, 4.69) is 9.88 Å². The number of methoxy groups -OCH3 is 1. The third-order valence-electron chi connectivity index (χ3n) is 3.89. The van der Waals surface area contributed by atoms with Crippen molar-refractivity contribution in [2.24, 2.45) is 0 Å². The van der Waals surface area contributed by atoms with Gasteiger partial charge in [0.05, 0.1) is 12.6 Å². The first-order valence-corrected chi connectivity index (χ1v) is 7.16. The van der Waals surface area contributed by atoms with Crippen molar-refractivity contribution >= 4 is 22.7 Å². The van der Waals surface area contributed by atoms with Crippen LogP contribution in [0.15, 0.2) is 24.3 Å². The zero-order valence-corrected chi connectivity index (χ0v) is 12.0. The molecular formula is C16H18N2O3. The number of carbonyl (C=O) groups is 1. The monoisotopic (exact) mass is 286 g/mol. The van der Waals surface area contributed by atoms with Crippen LogP contribution in [0, 0.1) is 0 Å². The molecule has 0 saturated carbocycles. The van der Waals surface area contributed by atoms with Gasteiger partial charge in [-0.1, -0.05) is 0 Å². The van der Waals surface area contributed by atoms with Crippen LogP contribution in [0.4, 0.5) is 5.82 Å². The summed E-state index contributed by atoms with van der Waals surface area (Å²) in [6.07, 6.45) is 3.37. The molecule has 21 heavy (non-hydrogen) atoms. The highest BCUT2D eigenvalue weighted by molar-refractivity contribution is 5.98. The number of hydrogen-bond donors (Lipinski definition) is 1. The van der Waals surface area contributed by atoms with Crippen LogP contribution in [-0.2, 0) is 0 Å². The summed E-state index contributed by atoms with van der Waals surface area (Å²) in [6.45, 7) is 1.74. The van der Waals surface area contributed by atoms with Gasteiger partial charge in [-0.05, 0) is 43.5 Å². The Labute approximate surface area is 123 Å². The van der Waals surface area contributed by atoms with Crippen molar-refractivity contribution in [1.29, 1.82) is 0 Å². The minimum atomic E-state index is -0.937. The molecule has 0 bridgehead atoms. The Kier molecular flexibility index (Phi) is 3.64. The Balaban J connectivity index is 2.13. The third kappa shape index (κ3) is 2.63. The summed E-state index contributed by atoms with van der Waals surface area (Å²) in [5, 5.41) is 10.3. The Morgan fingerprint density at radius 3 is 2.67 bits per heavy atom. The van der Waals surface area contributed by atoms with E-state index in [1.165, 1.54) is 6.42 Å². The van der Waals surface area contributed by atoms with Crippen molar-refractivity contribution in [3.05, 3.63) is 29.8 Å². The molecule has 1 aliphatic rings. The molecule has 0 radical (unpaired) electrons. The second-order valence-electron chi connectivity index (χ2n) is 5.27. The normalized spacial score (nSPS) is 15.2. The van der Waals surface area contributed by atoms with Crippen molar-refractivity contribution in [3.63, 3.8) is 0 Å². The van der Waals surface area contributed by atoms with Crippen molar-refractivity contribution < 1.29 is 14.6 Å². The summed E-state index contributed by atoms with van der Waals surface area (Å²) in [7, 11) is 1.59. The lowest BCUT2D eigenvalue weighted by molar-refractivity contribution is 0.0697. The molecule has 2 heterocycles. The largest absolute Gasteiger partial charge is 0.497 e. The zero-order valence-electron chi connectivity index (χ0n) is 12.0. The van der Waals surface area contributed by atoms with Gasteiger partial charge in [-0.3, -0.25) is 0 Å². The summed E-state index contributed by atoms with van der Waals surface area (Å²) in [5.74, 6) is 0.346.